The van der Waals surface area contributed by atoms with Crippen molar-refractivity contribution in [2.75, 3.05) is 6.26 Å². The van der Waals surface area contributed by atoms with E-state index in [9.17, 15) is 13.0 Å². The Balaban J connectivity index is 1.58. The number of hydrogen-bond acceptors (Lipinski definition) is 3. The van der Waals surface area contributed by atoms with Crippen LogP contribution >= 0.6 is 0 Å². The van der Waals surface area contributed by atoms with Gasteiger partial charge in [0.2, 0.25) is 0 Å². The van der Waals surface area contributed by atoms with Gasteiger partial charge in [-0.3, -0.25) is 4.21 Å². The fraction of sp³-hybridized carbons (Fsp3) is 0.333. The first-order chi connectivity index (χ1) is 13.4. The van der Waals surface area contributed by atoms with Crippen molar-refractivity contribution in [3.8, 4) is 11.5 Å². The molecular weight excluding hydrogens is 384 g/mol. The number of para-hydroxylation sites is 1. The van der Waals surface area contributed by atoms with Crippen LogP contribution in [0.5, 0.6) is 11.5 Å². The van der Waals surface area contributed by atoms with E-state index in [4.69, 9.17) is 0 Å². The molecule has 0 radical (unpaired) electrons. The SMILES string of the molecule is CS(=O)Cc1cccc2c(C(c3ccc4c(c3)OC(F)(F)O4)C3CC3)c[nH]c12. The van der Waals surface area contributed by atoms with Crippen molar-refractivity contribution < 1.29 is 22.5 Å². The molecule has 0 saturated heterocycles. The van der Waals surface area contributed by atoms with Crippen LogP contribution in [0.2, 0.25) is 0 Å². The lowest BCUT2D eigenvalue weighted by molar-refractivity contribution is -0.286. The summed E-state index contributed by atoms with van der Waals surface area (Å²) in [5, 5.41) is 1.09. The second kappa shape index (κ2) is 6.30. The van der Waals surface area contributed by atoms with Crippen molar-refractivity contribution in [1.29, 1.82) is 0 Å². The van der Waals surface area contributed by atoms with E-state index in [1.807, 2.05) is 24.4 Å². The molecule has 1 aromatic heterocycles. The average Bonchev–Trinajstić information content (AvgIpc) is 3.27. The second-order valence-electron chi connectivity index (χ2n) is 7.49. The molecule has 2 unspecified atom stereocenters. The van der Waals surface area contributed by atoms with E-state index in [1.165, 1.54) is 0 Å². The van der Waals surface area contributed by atoms with Crippen LogP contribution in [0.3, 0.4) is 0 Å². The molecule has 4 nitrogen and oxygen atoms in total. The van der Waals surface area contributed by atoms with Gasteiger partial charge in [-0.15, -0.1) is 8.78 Å². The first-order valence-corrected chi connectivity index (χ1v) is 10.9. The van der Waals surface area contributed by atoms with Gasteiger partial charge in [0.15, 0.2) is 11.5 Å². The van der Waals surface area contributed by atoms with Crippen LogP contribution in [-0.4, -0.2) is 21.7 Å². The molecular formula is C21H19F2NO3S. The molecule has 3 aromatic rings. The summed E-state index contributed by atoms with van der Waals surface area (Å²) in [7, 11) is -0.935. The van der Waals surface area contributed by atoms with E-state index in [0.717, 1.165) is 40.4 Å². The number of rotatable bonds is 5. The van der Waals surface area contributed by atoms with Gasteiger partial charge in [0.25, 0.3) is 0 Å². The molecule has 0 bridgehead atoms. The van der Waals surface area contributed by atoms with Gasteiger partial charge in [0.05, 0.1) is 5.75 Å². The highest BCUT2D eigenvalue weighted by Crippen LogP contribution is 2.50. The lowest BCUT2D eigenvalue weighted by Crippen LogP contribution is -2.25. The zero-order valence-corrected chi connectivity index (χ0v) is 16.0. The van der Waals surface area contributed by atoms with Gasteiger partial charge >= 0.3 is 6.29 Å². The molecule has 2 heterocycles. The van der Waals surface area contributed by atoms with Crippen molar-refractivity contribution in [1.82, 2.24) is 4.98 Å². The fourth-order valence-corrected chi connectivity index (χ4v) is 4.81. The first-order valence-electron chi connectivity index (χ1n) is 9.20. The Morgan fingerprint density at radius 2 is 2.00 bits per heavy atom. The van der Waals surface area contributed by atoms with Crippen molar-refractivity contribution in [2.45, 2.75) is 30.8 Å². The number of alkyl halides is 2. The van der Waals surface area contributed by atoms with Gasteiger partial charge in [-0.25, -0.2) is 0 Å². The number of ether oxygens (including phenoxy) is 2. The maximum Gasteiger partial charge on any atom is 0.586 e. The number of halogens is 2. The summed E-state index contributed by atoms with van der Waals surface area (Å²) >= 11 is 0. The molecule has 2 aromatic carbocycles. The molecule has 5 rings (SSSR count). The van der Waals surface area contributed by atoms with Crippen LogP contribution in [0.25, 0.3) is 10.9 Å². The summed E-state index contributed by atoms with van der Waals surface area (Å²) in [5.74, 6) is 1.18. The molecule has 2 aliphatic rings. The summed E-state index contributed by atoms with van der Waals surface area (Å²) in [6.45, 7) is 0. The summed E-state index contributed by atoms with van der Waals surface area (Å²) in [6, 6.07) is 11.1. The highest BCUT2D eigenvalue weighted by Gasteiger charge is 2.44. The van der Waals surface area contributed by atoms with Crippen LogP contribution in [0.15, 0.2) is 42.6 Å². The highest BCUT2D eigenvalue weighted by molar-refractivity contribution is 7.83. The molecule has 2 atom stereocenters. The van der Waals surface area contributed by atoms with Crippen molar-refractivity contribution in [2.24, 2.45) is 5.92 Å². The number of fused-ring (bicyclic) bond motifs is 2. The van der Waals surface area contributed by atoms with Gasteiger partial charge < -0.3 is 14.5 Å². The standard InChI is InChI=1S/C21H19F2NO3S/c1-28(25)11-14-3-2-4-15-16(10-24-20(14)15)19(12-5-6-12)13-7-8-17-18(9-13)27-21(22,23)26-17/h2-4,7-10,12,19,24H,5-6,11H2,1H3. The molecule has 1 saturated carbocycles. The quantitative estimate of drug-likeness (QED) is 0.659. The van der Waals surface area contributed by atoms with Crippen LogP contribution in [0, 0.1) is 5.92 Å². The number of aromatic nitrogens is 1. The number of aromatic amines is 1. The molecule has 0 amide bonds. The fourth-order valence-electron chi connectivity index (χ4n) is 4.13. The Morgan fingerprint density at radius 3 is 2.75 bits per heavy atom. The van der Waals surface area contributed by atoms with E-state index in [-0.39, 0.29) is 17.4 Å². The van der Waals surface area contributed by atoms with Crippen LogP contribution in [-0.2, 0) is 16.6 Å². The summed E-state index contributed by atoms with van der Waals surface area (Å²) in [6.07, 6.45) is 2.27. The molecule has 1 fully saturated rings. The lowest BCUT2D eigenvalue weighted by atomic mass is 9.86. The largest absolute Gasteiger partial charge is 0.586 e. The van der Waals surface area contributed by atoms with Crippen LogP contribution in [0.1, 0.15) is 35.4 Å². The van der Waals surface area contributed by atoms with E-state index in [2.05, 4.69) is 20.5 Å². The Morgan fingerprint density at radius 1 is 1.21 bits per heavy atom. The lowest BCUT2D eigenvalue weighted by Gasteiger charge is -2.17. The Bertz CT molecular complexity index is 1090. The van der Waals surface area contributed by atoms with Gasteiger partial charge in [0.1, 0.15) is 0 Å². The highest BCUT2D eigenvalue weighted by atomic mass is 32.2. The monoisotopic (exact) mass is 403 g/mol. The van der Waals surface area contributed by atoms with Gasteiger partial charge in [-0.05, 0) is 47.6 Å². The zero-order valence-electron chi connectivity index (χ0n) is 15.2. The Hall–Kier alpha value is -2.41. The predicted octanol–water partition coefficient (Wildman–Crippen LogP) is 4.91. The third-order valence-corrected chi connectivity index (χ3v) is 6.12. The molecule has 1 aliphatic carbocycles. The Labute approximate surface area is 163 Å². The minimum atomic E-state index is -3.61. The molecule has 1 aliphatic heterocycles. The summed E-state index contributed by atoms with van der Waals surface area (Å²) in [4.78, 5) is 3.35. The van der Waals surface area contributed by atoms with E-state index in [0.29, 0.717) is 11.7 Å². The summed E-state index contributed by atoms with van der Waals surface area (Å²) in [5.41, 5.74) is 4.08. The minimum absolute atomic E-state index is 0.0648. The average molecular weight is 403 g/mol. The van der Waals surface area contributed by atoms with Crippen molar-refractivity contribution in [3.05, 3.63) is 59.3 Å². The van der Waals surface area contributed by atoms with E-state index in [1.54, 1.807) is 18.4 Å². The van der Waals surface area contributed by atoms with Crippen LogP contribution in [0.4, 0.5) is 8.78 Å². The summed E-state index contributed by atoms with van der Waals surface area (Å²) < 4.78 is 47.7. The predicted molar refractivity (Wildman–Crippen MR) is 103 cm³/mol. The Kier molecular flexibility index (Phi) is 3.98. The molecule has 146 valence electrons. The maximum atomic E-state index is 13.4. The molecule has 7 heteroatoms. The normalized spacial score (nSPS) is 19.7. The van der Waals surface area contributed by atoms with Crippen LogP contribution < -0.4 is 9.47 Å². The van der Waals surface area contributed by atoms with Gasteiger partial charge in [-0.2, -0.15) is 0 Å². The van der Waals surface area contributed by atoms with Crippen molar-refractivity contribution in [3.63, 3.8) is 0 Å². The smallest absolute Gasteiger partial charge is 0.395 e. The first kappa shape index (κ1) is 17.7. The third-order valence-electron chi connectivity index (χ3n) is 5.41. The molecule has 1 N–H and O–H groups in total. The van der Waals surface area contributed by atoms with Gasteiger partial charge in [-0.1, -0.05) is 24.3 Å². The van der Waals surface area contributed by atoms with E-state index < -0.39 is 17.1 Å². The number of benzene rings is 2. The number of hydrogen-bond donors (Lipinski definition) is 1. The molecule has 28 heavy (non-hydrogen) atoms. The van der Waals surface area contributed by atoms with E-state index >= 15 is 0 Å². The van der Waals surface area contributed by atoms with Crippen molar-refractivity contribution >= 4 is 21.7 Å². The third kappa shape index (κ3) is 3.07. The minimum Gasteiger partial charge on any atom is -0.395 e. The topological polar surface area (TPSA) is 51.3 Å². The number of nitrogens with one attached hydrogen (secondary N) is 1. The maximum absolute atomic E-state index is 13.4. The molecule has 0 spiro atoms. The zero-order chi connectivity index (χ0) is 19.5. The number of H-pyrrole nitrogens is 1. The van der Waals surface area contributed by atoms with Gasteiger partial charge in [0, 0.05) is 40.1 Å². The second-order valence-corrected chi connectivity index (χ2v) is 8.93.